The minimum Gasteiger partial charge on any atom is -0.356 e. The Bertz CT molecular complexity index is 688. The third kappa shape index (κ3) is 6.66. The van der Waals surface area contributed by atoms with Gasteiger partial charge in [0.1, 0.15) is 0 Å². The standard InChI is InChI=1S/C18H24N4OS.HI/c1-13(16-8-5-11-24-16)22-18(20-3)21-10-9-14-6-4-7-15(12-14)17(23)19-2;/h4-8,11-13H,9-10H2,1-3H3,(H,19,23)(H2,20,21,22);1H. The summed E-state index contributed by atoms with van der Waals surface area (Å²) in [6.45, 7) is 2.86. The van der Waals surface area contributed by atoms with E-state index >= 15 is 0 Å². The molecule has 136 valence electrons. The van der Waals surface area contributed by atoms with E-state index in [9.17, 15) is 4.79 Å². The summed E-state index contributed by atoms with van der Waals surface area (Å²) in [5.41, 5.74) is 1.80. The number of carbonyl (C=O) groups is 1. The predicted molar refractivity (Wildman–Crippen MR) is 116 cm³/mol. The van der Waals surface area contributed by atoms with Gasteiger partial charge in [0, 0.05) is 31.1 Å². The van der Waals surface area contributed by atoms with Crippen LogP contribution in [-0.2, 0) is 6.42 Å². The number of amides is 1. The second-order valence-electron chi connectivity index (χ2n) is 5.41. The van der Waals surface area contributed by atoms with E-state index in [-0.39, 0.29) is 35.9 Å². The lowest BCUT2D eigenvalue weighted by Crippen LogP contribution is -2.39. The molecular weight excluding hydrogens is 447 g/mol. The van der Waals surface area contributed by atoms with Crippen LogP contribution in [0.3, 0.4) is 0 Å². The SMILES string of the molecule is CN=C(NCCc1cccc(C(=O)NC)c1)NC(C)c1cccs1.I. The molecular formula is C18H25IN4OS. The lowest BCUT2D eigenvalue weighted by molar-refractivity contribution is 0.0963. The molecule has 0 radical (unpaired) electrons. The highest BCUT2D eigenvalue weighted by Crippen LogP contribution is 2.17. The number of aliphatic imine (C=N–C) groups is 1. The maximum atomic E-state index is 11.7. The van der Waals surface area contributed by atoms with Gasteiger partial charge in [0.25, 0.3) is 5.91 Å². The number of guanidine groups is 1. The van der Waals surface area contributed by atoms with Crippen LogP contribution in [0.5, 0.6) is 0 Å². The van der Waals surface area contributed by atoms with Crippen LogP contribution >= 0.6 is 35.3 Å². The van der Waals surface area contributed by atoms with Gasteiger partial charge in [0.05, 0.1) is 6.04 Å². The molecule has 7 heteroatoms. The minimum absolute atomic E-state index is 0. The van der Waals surface area contributed by atoms with Crippen LogP contribution in [0.4, 0.5) is 0 Å². The van der Waals surface area contributed by atoms with Gasteiger partial charge < -0.3 is 16.0 Å². The number of benzene rings is 1. The van der Waals surface area contributed by atoms with E-state index in [0.29, 0.717) is 5.56 Å². The Morgan fingerprint density at radius 1 is 1.28 bits per heavy atom. The van der Waals surface area contributed by atoms with Crippen LogP contribution in [0.2, 0.25) is 0 Å². The predicted octanol–water partition coefficient (Wildman–Crippen LogP) is 3.19. The molecule has 25 heavy (non-hydrogen) atoms. The van der Waals surface area contributed by atoms with E-state index < -0.39 is 0 Å². The molecule has 1 heterocycles. The second-order valence-corrected chi connectivity index (χ2v) is 6.39. The number of nitrogens with zero attached hydrogens (tertiary/aromatic N) is 1. The molecule has 0 bridgehead atoms. The van der Waals surface area contributed by atoms with E-state index in [1.54, 1.807) is 25.4 Å². The fourth-order valence-corrected chi connectivity index (χ4v) is 3.08. The molecule has 1 atom stereocenters. The van der Waals surface area contributed by atoms with E-state index in [4.69, 9.17) is 0 Å². The van der Waals surface area contributed by atoms with Crippen molar-refractivity contribution >= 4 is 47.2 Å². The number of thiophene rings is 1. The molecule has 0 saturated heterocycles. The number of hydrogen-bond donors (Lipinski definition) is 3. The molecule has 0 spiro atoms. The summed E-state index contributed by atoms with van der Waals surface area (Å²) in [5.74, 6) is 0.713. The van der Waals surface area contributed by atoms with Crippen LogP contribution in [0, 0.1) is 0 Å². The fraction of sp³-hybridized carbons (Fsp3) is 0.333. The van der Waals surface area contributed by atoms with Gasteiger partial charge in [-0.1, -0.05) is 18.2 Å². The highest BCUT2D eigenvalue weighted by atomic mass is 127. The Balaban J connectivity index is 0.00000312. The van der Waals surface area contributed by atoms with Crippen molar-refractivity contribution in [2.24, 2.45) is 4.99 Å². The van der Waals surface area contributed by atoms with Crippen molar-refractivity contribution < 1.29 is 4.79 Å². The lowest BCUT2D eigenvalue weighted by atomic mass is 10.1. The molecule has 0 aliphatic heterocycles. The molecule has 2 aromatic rings. The molecule has 1 aromatic carbocycles. The van der Waals surface area contributed by atoms with Gasteiger partial charge >= 0.3 is 0 Å². The average molecular weight is 472 g/mol. The highest BCUT2D eigenvalue weighted by molar-refractivity contribution is 14.0. The Kier molecular flexibility index (Phi) is 9.51. The first kappa shape index (κ1) is 21.4. The van der Waals surface area contributed by atoms with Crippen LogP contribution < -0.4 is 16.0 Å². The molecule has 0 aliphatic rings. The summed E-state index contributed by atoms with van der Waals surface area (Å²) in [6.07, 6.45) is 0.818. The molecule has 0 aliphatic carbocycles. The van der Waals surface area contributed by atoms with Crippen molar-refractivity contribution in [3.8, 4) is 0 Å². The minimum atomic E-state index is -0.0629. The summed E-state index contributed by atoms with van der Waals surface area (Å²) in [5, 5.41) is 11.4. The monoisotopic (exact) mass is 472 g/mol. The summed E-state index contributed by atoms with van der Waals surface area (Å²) in [6, 6.07) is 12.1. The van der Waals surface area contributed by atoms with Gasteiger partial charge in [-0.15, -0.1) is 35.3 Å². The van der Waals surface area contributed by atoms with Gasteiger partial charge in [-0.3, -0.25) is 9.79 Å². The third-order valence-electron chi connectivity index (χ3n) is 3.67. The van der Waals surface area contributed by atoms with Crippen molar-refractivity contribution in [1.29, 1.82) is 0 Å². The lowest BCUT2D eigenvalue weighted by Gasteiger charge is -2.17. The molecule has 3 N–H and O–H groups in total. The number of halogens is 1. The maximum absolute atomic E-state index is 11.7. The molecule has 0 saturated carbocycles. The van der Waals surface area contributed by atoms with Crippen molar-refractivity contribution in [3.05, 3.63) is 57.8 Å². The van der Waals surface area contributed by atoms with E-state index in [1.165, 1.54) is 4.88 Å². The normalized spacial score (nSPS) is 12.0. The number of rotatable bonds is 6. The quantitative estimate of drug-likeness (QED) is 0.344. The van der Waals surface area contributed by atoms with Crippen molar-refractivity contribution in [1.82, 2.24) is 16.0 Å². The zero-order valence-electron chi connectivity index (χ0n) is 14.7. The van der Waals surface area contributed by atoms with Crippen LogP contribution in [0.25, 0.3) is 0 Å². The third-order valence-corrected chi connectivity index (χ3v) is 4.72. The van der Waals surface area contributed by atoms with Crippen molar-refractivity contribution in [3.63, 3.8) is 0 Å². The average Bonchev–Trinajstić information content (AvgIpc) is 3.15. The topological polar surface area (TPSA) is 65.5 Å². The molecule has 5 nitrogen and oxygen atoms in total. The zero-order valence-corrected chi connectivity index (χ0v) is 17.9. The maximum Gasteiger partial charge on any atom is 0.251 e. The fourth-order valence-electron chi connectivity index (χ4n) is 2.35. The molecule has 1 unspecified atom stereocenters. The summed E-state index contributed by atoms with van der Waals surface area (Å²) in [7, 11) is 3.41. The van der Waals surface area contributed by atoms with Crippen LogP contribution in [-0.4, -0.2) is 32.5 Å². The Hall–Kier alpha value is -1.61. The smallest absolute Gasteiger partial charge is 0.251 e. The van der Waals surface area contributed by atoms with Crippen molar-refractivity contribution in [2.45, 2.75) is 19.4 Å². The largest absolute Gasteiger partial charge is 0.356 e. The number of carbonyl (C=O) groups excluding carboxylic acids is 1. The van der Waals surface area contributed by atoms with Gasteiger partial charge in [-0.25, -0.2) is 0 Å². The van der Waals surface area contributed by atoms with Gasteiger partial charge in [-0.05, 0) is 42.5 Å². The summed E-state index contributed by atoms with van der Waals surface area (Å²) < 4.78 is 0. The van der Waals surface area contributed by atoms with Gasteiger partial charge in [0.15, 0.2) is 5.96 Å². The number of hydrogen-bond acceptors (Lipinski definition) is 3. The van der Waals surface area contributed by atoms with Gasteiger partial charge in [-0.2, -0.15) is 0 Å². The summed E-state index contributed by atoms with van der Waals surface area (Å²) >= 11 is 1.73. The molecule has 1 aromatic heterocycles. The Morgan fingerprint density at radius 2 is 2.08 bits per heavy atom. The van der Waals surface area contributed by atoms with E-state index in [2.05, 4.69) is 39.3 Å². The van der Waals surface area contributed by atoms with Crippen LogP contribution in [0.15, 0.2) is 46.8 Å². The van der Waals surface area contributed by atoms with Gasteiger partial charge in [0.2, 0.25) is 0 Å². The molecule has 2 rings (SSSR count). The zero-order chi connectivity index (χ0) is 17.4. The Morgan fingerprint density at radius 3 is 2.72 bits per heavy atom. The molecule has 0 fully saturated rings. The highest BCUT2D eigenvalue weighted by Gasteiger charge is 2.08. The van der Waals surface area contributed by atoms with Crippen LogP contribution in [0.1, 0.15) is 33.8 Å². The first-order valence-corrected chi connectivity index (χ1v) is 8.83. The summed E-state index contributed by atoms with van der Waals surface area (Å²) in [4.78, 5) is 17.2. The second kappa shape index (κ2) is 11.1. The van der Waals surface area contributed by atoms with E-state index in [0.717, 1.165) is 24.5 Å². The first-order chi connectivity index (χ1) is 11.6. The molecule has 1 amide bonds. The Labute approximate surface area is 170 Å². The van der Waals surface area contributed by atoms with E-state index in [1.807, 2.05) is 30.3 Å². The first-order valence-electron chi connectivity index (χ1n) is 7.95. The van der Waals surface area contributed by atoms with Crippen molar-refractivity contribution in [2.75, 3.05) is 20.6 Å². The number of nitrogens with one attached hydrogen (secondary N) is 3.